The van der Waals surface area contributed by atoms with Gasteiger partial charge in [-0.3, -0.25) is 10.1 Å². The summed E-state index contributed by atoms with van der Waals surface area (Å²) in [5, 5.41) is 7.01. The van der Waals surface area contributed by atoms with Gasteiger partial charge in [0, 0.05) is 16.8 Å². The van der Waals surface area contributed by atoms with Gasteiger partial charge in [0.1, 0.15) is 13.2 Å². The maximum atomic E-state index is 12.7. The highest BCUT2D eigenvalue weighted by atomic mass is 35.5. The fourth-order valence-corrected chi connectivity index (χ4v) is 3.41. The molecule has 1 aliphatic heterocycles. The van der Waals surface area contributed by atoms with Gasteiger partial charge in [-0.15, -0.1) is 0 Å². The molecule has 2 aromatic rings. The lowest BCUT2D eigenvalue weighted by molar-refractivity contribution is -0.118. The first-order chi connectivity index (χ1) is 13.3. The molecule has 3 rings (SSSR count). The number of rotatable bonds is 6. The monoisotopic (exact) mass is 402 g/mol. The fraction of sp³-hybridized carbons (Fsp3) is 0.409. The zero-order valence-corrected chi connectivity index (χ0v) is 17.5. The summed E-state index contributed by atoms with van der Waals surface area (Å²) in [4.78, 5) is 12.7. The second kappa shape index (κ2) is 8.84. The van der Waals surface area contributed by atoms with Crippen molar-refractivity contribution in [2.75, 3.05) is 18.5 Å². The number of halogens is 1. The maximum Gasteiger partial charge on any atom is 0.241 e. The highest BCUT2D eigenvalue weighted by molar-refractivity contribution is 6.31. The summed E-state index contributed by atoms with van der Waals surface area (Å²) < 4.78 is 11.3. The number of ether oxygens (including phenoxy) is 2. The van der Waals surface area contributed by atoms with Crippen molar-refractivity contribution in [1.29, 1.82) is 0 Å². The van der Waals surface area contributed by atoms with Gasteiger partial charge in [0.05, 0.1) is 6.04 Å². The zero-order valence-electron chi connectivity index (χ0n) is 16.7. The molecule has 150 valence electrons. The number of carbonyl (C=O) groups is 1. The van der Waals surface area contributed by atoms with Crippen LogP contribution in [0.2, 0.25) is 5.02 Å². The average molecular weight is 403 g/mol. The standard InChI is InChI=1S/C22H27ClN2O3/c1-13(2)21(16-6-8-19-20(11-16)28-10-9-27-19)24-15(4)22(26)25-18-12-17(23)7-5-14(18)3/h5-8,11-13,15,21,24H,9-10H2,1-4H3,(H,25,26)/t15-,21+/m1/s1. The van der Waals surface area contributed by atoms with E-state index in [1.165, 1.54) is 0 Å². The van der Waals surface area contributed by atoms with E-state index in [1.807, 2.05) is 44.2 Å². The summed E-state index contributed by atoms with van der Waals surface area (Å²) in [6.07, 6.45) is 0. The number of benzene rings is 2. The number of anilines is 1. The maximum absolute atomic E-state index is 12.7. The minimum absolute atomic E-state index is 0.00275. The van der Waals surface area contributed by atoms with Crippen LogP contribution in [0.4, 0.5) is 5.69 Å². The number of amides is 1. The predicted octanol–water partition coefficient (Wildman–Crippen LogP) is 4.73. The van der Waals surface area contributed by atoms with Crippen LogP contribution in [0.5, 0.6) is 11.5 Å². The number of carbonyl (C=O) groups excluding carboxylic acids is 1. The quantitative estimate of drug-likeness (QED) is 0.733. The number of hydrogen-bond donors (Lipinski definition) is 2. The Kier molecular flexibility index (Phi) is 6.47. The third-order valence-corrected chi connectivity index (χ3v) is 5.11. The SMILES string of the molecule is Cc1ccc(Cl)cc1NC(=O)[C@@H](C)N[C@H](c1ccc2c(c1)OCCO2)C(C)C. The third kappa shape index (κ3) is 4.78. The largest absolute Gasteiger partial charge is 0.486 e. The van der Waals surface area contributed by atoms with Crippen LogP contribution in [-0.4, -0.2) is 25.2 Å². The highest BCUT2D eigenvalue weighted by Gasteiger charge is 2.24. The molecule has 0 saturated carbocycles. The molecule has 0 fully saturated rings. The molecular weight excluding hydrogens is 376 g/mol. The van der Waals surface area contributed by atoms with Gasteiger partial charge in [0.25, 0.3) is 0 Å². The number of aryl methyl sites for hydroxylation is 1. The number of nitrogens with one attached hydrogen (secondary N) is 2. The van der Waals surface area contributed by atoms with Crippen LogP contribution in [0.15, 0.2) is 36.4 Å². The van der Waals surface area contributed by atoms with Crippen LogP contribution in [0.3, 0.4) is 0 Å². The van der Waals surface area contributed by atoms with Crippen molar-refractivity contribution in [3.05, 3.63) is 52.5 Å². The van der Waals surface area contributed by atoms with Crippen LogP contribution in [-0.2, 0) is 4.79 Å². The van der Waals surface area contributed by atoms with E-state index in [0.717, 1.165) is 28.3 Å². The molecule has 1 heterocycles. The van der Waals surface area contributed by atoms with Crippen LogP contribution in [0.1, 0.15) is 37.9 Å². The summed E-state index contributed by atoms with van der Waals surface area (Å²) in [7, 11) is 0. The Labute approximate surface area is 171 Å². The van der Waals surface area contributed by atoms with Crippen molar-refractivity contribution in [2.45, 2.75) is 39.8 Å². The molecule has 0 spiro atoms. The second-order valence-electron chi connectivity index (χ2n) is 7.46. The highest BCUT2D eigenvalue weighted by Crippen LogP contribution is 2.34. The van der Waals surface area contributed by atoms with E-state index < -0.39 is 0 Å². The second-order valence-corrected chi connectivity index (χ2v) is 7.90. The van der Waals surface area contributed by atoms with Crippen molar-refractivity contribution in [3.63, 3.8) is 0 Å². The Hall–Kier alpha value is -2.24. The summed E-state index contributed by atoms with van der Waals surface area (Å²) in [6.45, 7) is 9.17. The van der Waals surface area contributed by atoms with Crippen molar-refractivity contribution in [2.24, 2.45) is 5.92 Å². The van der Waals surface area contributed by atoms with E-state index >= 15 is 0 Å². The van der Waals surface area contributed by atoms with Crippen molar-refractivity contribution >= 4 is 23.2 Å². The van der Waals surface area contributed by atoms with Gasteiger partial charge in [0.2, 0.25) is 5.91 Å². The van der Waals surface area contributed by atoms with E-state index in [2.05, 4.69) is 24.5 Å². The molecule has 2 aromatic carbocycles. The third-order valence-electron chi connectivity index (χ3n) is 4.87. The van der Waals surface area contributed by atoms with E-state index in [0.29, 0.717) is 18.2 Å². The molecule has 0 unspecified atom stereocenters. The first-order valence-corrected chi connectivity index (χ1v) is 9.95. The molecule has 0 aliphatic carbocycles. The molecule has 0 radical (unpaired) electrons. The molecule has 5 nitrogen and oxygen atoms in total. The lowest BCUT2D eigenvalue weighted by atomic mass is 9.94. The number of hydrogen-bond acceptors (Lipinski definition) is 4. The van der Waals surface area contributed by atoms with Crippen LogP contribution < -0.4 is 20.1 Å². The van der Waals surface area contributed by atoms with Gasteiger partial charge in [-0.2, -0.15) is 0 Å². The lowest BCUT2D eigenvalue weighted by Gasteiger charge is -2.28. The zero-order chi connectivity index (χ0) is 20.3. The molecule has 0 bridgehead atoms. The van der Waals surface area contributed by atoms with E-state index in [4.69, 9.17) is 21.1 Å². The van der Waals surface area contributed by atoms with Crippen LogP contribution >= 0.6 is 11.6 Å². The summed E-state index contributed by atoms with van der Waals surface area (Å²) in [5.41, 5.74) is 2.77. The van der Waals surface area contributed by atoms with Crippen molar-refractivity contribution in [3.8, 4) is 11.5 Å². The molecule has 1 aliphatic rings. The summed E-state index contributed by atoms with van der Waals surface area (Å²) >= 11 is 6.05. The van der Waals surface area contributed by atoms with Gasteiger partial charge in [0.15, 0.2) is 11.5 Å². The minimum atomic E-state index is -0.390. The molecule has 28 heavy (non-hydrogen) atoms. The van der Waals surface area contributed by atoms with E-state index in [9.17, 15) is 4.79 Å². The lowest BCUT2D eigenvalue weighted by Crippen LogP contribution is -2.41. The van der Waals surface area contributed by atoms with E-state index in [-0.39, 0.29) is 23.9 Å². The molecule has 1 amide bonds. The number of fused-ring (bicyclic) bond motifs is 1. The summed E-state index contributed by atoms with van der Waals surface area (Å²) in [6, 6.07) is 11.0. The molecule has 2 N–H and O–H groups in total. The molecular formula is C22H27ClN2O3. The molecule has 0 saturated heterocycles. The van der Waals surface area contributed by atoms with Gasteiger partial charge < -0.3 is 14.8 Å². The fourth-order valence-electron chi connectivity index (χ4n) is 3.24. The minimum Gasteiger partial charge on any atom is -0.486 e. The van der Waals surface area contributed by atoms with Crippen molar-refractivity contribution < 1.29 is 14.3 Å². The average Bonchev–Trinajstić information content (AvgIpc) is 2.68. The Morgan fingerprint density at radius 3 is 2.46 bits per heavy atom. The Bertz CT molecular complexity index is 854. The smallest absolute Gasteiger partial charge is 0.241 e. The van der Waals surface area contributed by atoms with Gasteiger partial charge >= 0.3 is 0 Å². The van der Waals surface area contributed by atoms with Gasteiger partial charge in [-0.1, -0.05) is 37.6 Å². The molecule has 6 heteroatoms. The Morgan fingerprint density at radius 2 is 1.75 bits per heavy atom. The summed E-state index contributed by atoms with van der Waals surface area (Å²) in [5.74, 6) is 1.70. The van der Waals surface area contributed by atoms with Gasteiger partial charge in [-0.25, -0.2) is 0 Å². The normalized spacial score (nSPS) is 15.2. The van der Waals surface area contributed by atoms with Gasteiger partial charge in [-0.05, 0) is 55.2 Å². The predicted molar refractivity (Wildman–Crippen MR) is 112 cm³/mol. The van der Waals surface area contributed by atoms with Crippen LogP contribution in [0, 0.1) is 12.8 Å². The van der Waals surface area contributed by atoms with E-state index in [1.54, 1.807) is 6.07 Å². The Morgan fingerprint density at radius 1 is 1.04 bits per heavy atom. The first-order valence-electron chi connectivity index (χ1n) is 9.57. The molecule has 0 aromatic heterocycles. The van der Waals surface area contributed by atoms with Crippen molar-refractivity contribution in [1.82, 2.24) is 5.32 Å². The van der Waals surface area contributed by atoms with Crippen LogP contribution in [0.25, 0.3) is 0 Å². The first kappa shape index (κ1) is 20.5. The Balaban J connectivity index is 1.73. The topological polar surface area (TPSA) is 59.6 Å². The molecule has 2 atom stereocenters.